The van der Waals surface area contributed by atoms with E-state index in [0.717, 1.165) is 19.6 Å². The molecule has 0 fully saturated rings. The topological polar surface area (TPSA) is 21.3 Å². The number of likely N-dealkylation sites (N-methyl/N-ethyl adjacent to an activating group) is 1. The number of nitrogens with one attached hydrogen (secondary N) is 1. The molecule has 0 spiro atoms. The van der Waals surface area contributed by atoms with E-state index in [4.69, 9.17) is 4.74 Å². The standard InChI is InChI=1S/C15H25NO/c1-13(9-10-17-3)11-15(12-16-2)14-7-5-4-6-8-14/h4-8,13,15-16H,9-12H2,1-3H3. The van der Waals surface area contributed by atoms with E-state index in [1.165, 1.54) is 12.0 Å². The Labute approximate surface area is 105 Å². The summed E-state index contributed by atoms with van der Waals surface area (Å²) >= 11 is 0. The van der Waals surface area contributed by atoms with Gasteiger partial charge in [0.1, 0.15) is 0 Å². The van der Waals surface area contributed by atoms with Gasteiger partial charge in [-0.15, -0.1) is 0 Å². The summed E-state index contributed by atoms with van der Waals surface area (Å²) in [6.45, 7) is 4.22. The first-order chi connectivity index (χ1) is 8.27. The van der Waals surface area contributed by atoms with Gasteiger partial charge in [0.25, 0.3) is 0 Å². The van der Waals surface area contributed by atoms with Gasteiger partial charge in [-0.05, 0) is 37.3 Å². The quantitative estimate of drug-likeness (QED) is 0.747. The third-order valence-corrected chi connectivity index (χ3v) is 3.22. The van der Waals surface area contributed by atoms with Gasteiger partial charge in [-0.2, -0.15) is 0 Å². The molecule has 1 aromatic carbocycles. The van der Waals surface area contributed by atoms with Gasteiger partial charge in [-0.1, -0.05) is 37.3 Å². The Bertz CT molecular complexity index is 286. The van der Waals surface area contributed by atoms with Crippen molar-refractivity contribution < 1.29 is 4.74 Å². The van der Waals surface area contributed by atoms with Crippen LogP contribution in [0.3, 0.4) is 0 Å². The molecule has 0 saturated heterocycles. The van der Waals surface area contributed by atoms with E-state index in [1.54, 1.807) is 7.11 Å². The van der Waals surface area contributed by atoms with Gasteiger partial charge in [0, 0.05) is 20.3 Å². The molecule has 0 aromatic heterocycles. The summed E-state index contributed by atoms with van der Waals surface area (Å²) in [5.74, 6) is 1.31. The van der Waals surface area contributed by atoms with Gasteiger partial charge < -0.3 is 10.1 Å². The van der Waals surface area contributed by atoms with E-state index < -0.39 is 0 Å². The minimum absolute atomic E-state index is 0.605. The lowest BCUT2D eigenvalue weighted by atomic mass is 9.88. The van der Waals surface area contributed by atoms with Gasteiger partial charge in [-0.3, -0.25) is 0 Å². The Morgan fingerprint density at radius 3 is 2.53 bits per heavy atom. The Morgan fingerprint density at radius 1 is 1.24 bits per heavy atom. The number of methoxy groups -OCH3 is 1. The highest BCUT2D eigenvalue weighted by atomic mass is 16.5. The van der Waals surface area contributed by atoms with Crippen LogP contribution < -0.4 is 5.32 Å². The van der Waals surface area contributed by atoms with E-state index in [0.29, 0.717) is 11.8 Å². The Kier molecular flexibility index (Phi) is 6.90. The second-order valence-corrected chi connectivity index (χ2v) is 4.79. The minimum Gasteiger partial charge on any atom is -0.385 e. The number of hydrogen-bond acceptors (Lipinski definition) is 2. The molecule has 1 aromatic rings. The zero-order valence-electron chi connectivity index (χ0n) is 11.3. The Balaban J connectivity index is 2.54. The van der Waals surface area contributed by atoms with Crippen LogP contribution in [0.2, 0.25) is 0 Å². The normalized spacial score (nSPS) is 14.5. The fourth-order valence-electron chi connectivity index (χ4n) is 2.23. The molecule has 1 rings (SSSR count). The number of rotatable bonds is 8. The lowest BCUT2D eigenvalue weighted by Crippen LogP contribution is -2.19. The van der Waals surface area contributed by atoms with E-state index in [2.05, 4.69) is 42.6 Å². The van der Waals surface area contributed by atoms with Crippen molar-refractivity contribution in [2.45, 2.75) is 25.7 Å². The lowest BCUT2D eigenvalue weighted by molar-refractivity contribution is 0.176. The number of hydrogen-bond donors (Lipinski definition) is 1. The minimum atomic E-state index is 0.605. The maximum Gasteiger partial charge on any atom is 0.0464 e. The van der Waals surface area contributed by atoms with Gasteiger partial charge in [-0.25, -0.2) is 0 Å². The van der Waals surface area contributed by atoms with Crippen molar-refractivity contribution in [2.24, 2.45) is 5.92 Å². The molecule has 0 aliphatic carbocycles. The summed E-state index contributed by atoms with van der Waals surface area (Å²) in [5.41, 5.74) is 1.44. The van der Waals surface area contributed by atoms with Crippen LogP contribution in [0.1, 0.15) is 31.2 Å². The van der Waals surface area contributed by atoms with E-state index in [-0.39, 0.29) is 0 Å². The van der Waals surface area contributed by atoms with Crippen molar-refractivity contribution in [3.05, 3.63) is 35.9 Å². The molecule has 2 heteroatoms. The average molecular weight is 235 g/mol. The van der Waals surface area contributed by atoms with Crippen LogP contribution in [0.25, 0.3) is 0 Å². The number of ether oxygens (including phenoxy) is 1. The molecule has 2 nitrogen and oxygen atoms in total. The highest BCUT2D eigenvalue weighted by Gasteiger charge is 2.14. The van der Waals surface area contributed by atoms with Crippen molar-refractivity contribution in [2.75, 3.05) is 27.3 Å². The molecule has 0 saturated carbocycles. The fourth-order valence-corrected chi connectivity index (χ4v) is 2.23. The average Bonchev–Trinajstić information content (AvgIpc) is 2.37. The zero-order chi connectivity index (χ0) is 12.5. The monoisotopic (exact) mass is 235 g/mol. The van der Waals surface area contributed by atoms with Crippen LogP contribution in [0.5, 0.6) is 0 Å². The molecular formula is C15H25NO. The van der Waals surface area contributed by atoms with Gasteiger partial charge in [0.2, 0.25) is 0 Å². The van der Waals surface area contributed by atoms with E-state index >= 15 is 0 Å². The maximum atomic E-state index is 5.14. The van der Waals surface area contributed by atoms with Crippen LogP contribution in [0, 0.1) is 5.92 Å². The summed E-state index contributed by atoms with van der Waals surface area (Å²) < 4.78 is 5.14. The first-order valence-electron chi connectivity index (χ1n) is 6.46. The Morgan fingerprint density at radius 2 is 1.94 bits per heavy atom. The second-order valence-electron chi connectivity index (χ2n) is 4.79. The predicted octanol–water partition coefficient (Wildman–Crippen LogP) is 3.05. The molecule has 2 unspecified atom stereocenters. The molecule has 1 N–H and O–H groups in total. The predicted molar refractivity (Wildman–Crippen MR) is 73.4 cm³/mol. The zero-order valence-corrected chi connectivity index (χ0v) is 11.3. The molecule has 17 heavy (non-hydrogen) atoms. The maximum absolute atomic E-state index is 5.14. The summed E-state index contributed by atoms with van der Waals surface area (Å²) in [4.78, 5) is 0. The summed E-state index contributed by atoms with van der Waals surface area (Å²) in [5, 5.41) is 3.30. The smallest absolute Gasteiger partial charge is 0.0464 e. The highest BCUT2D eigenvalue weighted by Crippen LogP contribution is 2.24. The first kappa shape index (κ1) is 14.2. The van der Waals surface area contributed by atoms with Crippen molar-refractivity contribution >= 4 is 0 Å². The van der Waals surface area contributed by atoms with Gasteiger partial charge >= 0.3 is 0 Å². The van der Waals surface area contributed by atoms with Crippen LogP contribution in [0.4, 0.5) is 0 Å². The van der Waals surface area contributed by atoms with Crippen LogP contribution in [-0.2, 0) is 4.74 Å². The molecule has 0 heterocycles. The molecule has 96 valence electrons. The fraction of sp³-hybridized carbons (Fsp3) is 0.600. The third kappa shape index (κ3) is 5.33. The molecule has 0 aliphatic heterocycles. The molecule has 2 atom stereocenters. The summed E-state index contributed by atoms with van der Waals surface area (Å²) in [6.07, 6.45) is 2.36. The lowest BCUT2D eigenvalue weighted by Gasteiger charge is -2.21. The van der Waals surface area contributed by atoms with E-state index in [9.17, 15) is 0 Å². The van der Waals surface area contributed by atoms with Gasteiger partial charge in [0.05, 0.1) is 0 Å². The third-order valence-electron chi connectivity index (χ3n) is 3.22. The van der Waals surface area contributed by atoms with Crippen molar-refractivity contribution in [3.63, 3.8) is 0 Å². The summed E-state index contributed by atoms with van der Waals surface area (Å²) in [6, 6.07) is 10.8. The molecule has 0 bridgehead atoms. The van der Waals surface area contributed by atoms with Crippen LogP contribution in [-0.4, -0.2) is 27.3 Å². The van der Waals surface area contributed by atoms with Crippen molar-refractivity contribution in [1.82, 2.24) is 5.32 Å². The number of benzene rings is 1. The first-order valence-corrected chi connectivity index (χ1v) is 6.46. The van der Waals surface area contributed by atoms with Crippen LogP contribution >= 0.6 is 0 Å². The van der Waals surface area contributed by atoms with E-state index in [1.807, 2.05) is 7.05 Å². The second kappa shape index (κ2) is 8.26. The molecule has 0 radical (unpaired) electrons. The highest BCUT2D eigenvalue weighted by molar-refractivity contribution is 5.19. The Hall–Kier alpha value is -0.860. The van der Waals surface area contributed by atoms with Crippen LogP contribution in [0.15, 0.2) is 30.3 Å². The molecule has 0 aliphatic rings. The largest absolute Gasteiger partial charge is 0.385 e. The van der Waals surface area contributed by atoms with Crippen molar-refractivity contribution in [3.8, 4) is 0 Å². The molecule has 0 amide bonds. The molecular weight excluding hydrogens is 210 g/mol. The summed E-state index contributed by atoms with van der Waals surface area (Å²) in [7, 11) is 3.80. The SMILES string of the molecule is CNCC(CC(C)CCOC)c1ccccc1. The van der Waals surface area contributed by atoms with Crippen molar-refractivity contribution in [1.29, 1.82) is 0 Å². The van der Waals surface area contributed by atoms with Gasteiger partial charge in [0.15, 0.2) is 0 Å².